The molecular weight excluding hydrogens is 318 g/mol. The summed E-state index contributed by atoms with van der Waals surface area (Å²) < 4.78 is 2.68. The number of hydrogen-bond acceptors (Lipinski definition) is 3. The third-order valence-corrected chi connectivity index (χ3v) is 4.46. The minimum Gasteiger partial charge on any atom is -0.306 e. The minimum atomic E-state index is 0.0597. The summed E-state index contributed by atoms with van der Waals surface area (Å²) in [6, 6.07) is 5.64. The van der Waals surface area contributed by atoms with Crippen LogP contribution in [0.1, 0.15) is 12.8 Å². The number of likely N-dealkylation sites (tertiary alicyclic amines) is 1. The number of benzene rings is 1. The van der Waals surface area contributed by atoms with Crippen molar-refractivity contribution in [1.29, 1.82) is 0 Å². The van der Waals surface area contributed by atoms with Crippen molar-refractivity contribution in [2.75, 3.05) is 20.1 Å². The van der Waals surface area contributed by atoms with Gasteiger partial charge in [0, 0.05) is 17.6 Å². The normalized spacial score (nSPS) is 20.4. The second-order valence-corrected chi connectivity index (χ2v) is 6.55. The van der Waals surface area contributed by atoms with Crippen LogP contribution in [0.4, 0.5) is 0 Å². The summed E-state index contributed by atoms with van der Waals surface area (Å²) >= 11 is 3.41. The number of hydrogen-bond donors (Lipinski definition) is 0. The Balaban J connectivity index is 1.92. The number of halogens is 1. The van der Waals surface area contributed by atoms with Gasteiger partial charge in [0.2, 0.25) is 0 Å². The predicted octanol–water partition coefficient (Wildman–Crippen LogP) is 2.50. The zero-order valence-corrected chi connectivity index (χ0v) is 13.1. The van der Waals surface area contributed by atoms with Gasteiger partial charge in [-0.1, -0.05) is 15.9 Å². The Morgan fingerprint density at radius 2 is 2.30 bits per heavy atom. The summed E-state index contributed by atoms with van der Waals surface area (Å²) in [5.74, 6) is 0.540. The van der Waals surface area contributed by atoms with Gasteiger partial charge in [-0.15, -0.1) is 0 Å². The molecule has 0 radical (unpaired) electrons. The first-order chi connectivity index (χ1) is 9.63. The van der Waals surface area contributed by atoms with Crippen LogP contribution in [0.5, 0.6) is 0 Å². The molecule has 1 saturated heterocycles. The molecule has 106 valence electrons. The Bertz CT molecular complexity index is 682. The zero-order valence-electron chi connectivity index (χ0n) is 11.6. The maximum Gasteiger partial charge on any atom is 0.261 e. The van der Waals surface area contributed by atoms with Crippen LogP contribution in [0.2, 0.25) is 0 Å². The summed E-state index contributed by atoms with van der Waals surface area (Å²) in [7, 11) is 2.14. The predicted molar refractivity (Wildman–Crippen MR) is 83.9 cm³/mol. The van der Waals surface area contributed by atoms with Gasteiger partial charge < -0.3 is 4.90 Å². The Hall–Kier alpha value is -1.20. The van der Waals surface area contributed by atoms with Crippen molar-refractivity contribution in [2.24, 2.45) is 5.92 Å². The molecule has 0 bridgehead atoms. The van der Waals surface area contributed by atoms with Gasteiger partial charge in [0.05, 0.1) is 17.2 Å². The Kier molecular flexibility index (Phi) is 3.89. The molecule has 2 heterocycles. The molecule has 1 atom stereocenters. The molecule has 1 aliphatic heterocycles. The van der Waals surface area contributed by atoms with Crippen LogP contribution in [0.15, 0.2) is 33.8 Å². The summed E-state index contributed by atoms with van der Waals surface area (Å²) in [5, 5.41) is 0.686. The second kappa shape index (κ2) is 5.66. The van der Waals surface area contributed by atoms with Gasteiger partial charge in [-0.25, -0.2) is 4.98 Å². The van der Waals surface area contributed by atoms with Crippen LogP contribution in [0, 0.1) is 5.92 Å². The molecular formula is C15H18BrN3O. The van der Waals surface area contributed by atoms with Gasteiger partial charge >= 0.3 is 0 Å². The maximum absolute atomic E-state index is 12.5. The van der Waals surface area contributed by atoms with E-state index in [1.807, 2.05) is 18.2 Å². The lowest BCUT2D eigenvalue weighted by molar-refractivity contribution is 0.193. The fourth-order valence-electron chi connectivity index (χ4n) is 2.96. The van der Waals surface area contributed by atoms with Crippen LogP contribution in [0.3, 0.4) is 0 Å². The molecule has 0 N–H and O–H groups in total. The van der Waals surface area contributed by atoms with Gasteiger partial charge in [-0.05, 0) is 50.6 Å². The Labute approximate surface area is 126 Å². The monoisotopic (exact) mass is 335 g/mol. The quantitative estimate of drug-likeness (QED) is 0.846. The highest BCUT2D eigenvalue weighted by Crippen LogP contribution is 2.18. The van der Waals surface area contributed by atoms with Crippen LogP contribution in [-0.2, 0) is 6.54 Å². The van der Waals surface area contributed by atoms with Crippen LogP contribution in [0.25, 0.3) is 10.9 Å². The first kappa shape index (κ1) is 13.8. The summed E-state index contributed by atoms with van der Waals surface area (Å²) in [6.45, 7) is 2.98. The smallest absolute Gasteiger partial charge is 0.261 e. The van der Waals surface area contributed by atoms with Gasteiger partial charge in [-0.2, -0.15) is 0 Å². The average molecular weight is 336 g/mol. The Morgan fingerprint density at radius 3 is 3.10 bits per heavy atom. The fraction of sp³-hybridized carbons (Fsp3) is 0.467. The van der Waals surface area contributed by atoms with E-state index < -0.39 is 0 Å². The molecule has 1 aromatic heterocycles. The highest BCUT2D eigenvalue weighted by atomic mass is 79.9. The highest BCUT2D eigenvalue weighted by Gasteiger charge is 2.18. The van der Waals surface area contributed by atoms with Crippen LogP contribution < -0.4 is 5.56 Å². The second-order valence-electron chi connectivity index (χ2n) is 5.63. The van der Waals surface area contributed by atoms with Crippen molar-refractivity contribution in [3.8, 4) is 0 Å². The number of aromatic nitrogens is 2. The van der Waals surface area contributed by atoms with Crippen molar-refractivity contribution >= 4 is 26.8 Å². The van der Waals surface area contributed by atoms with E-state index in [4.69, 9.17) is 0 Å². The van der Waals surface area contributed by atoms with Crippen molar-refractivity contribution in [2.45, 2.75) is 19.4 Å². The van der Waals surface area contributed by atoms with E-state index in [1.54, 1.807) is 10.9 Å². The largest absolute Gasteiger partial charge is 0.306 e. The number of piperidine rings is 1. The van der Waals surface area contributed by atoms with E-state index in [1.165, 1.54) is 12.8 Å². The SMILES string of the molecule is CN1CCCC(Cn2cnc3ccc(Br)cc3c2=O)C1. The van der Waals surface area contributed by atoms with Gasteiger partial charge in [0.25, 0.3) is 5.56 Å². The molecule has 0 aliphatic carbocycles. The lowest BCUT2D eigenvalue weighted by Gasteiger charge is -2.29. The maximum atomic E-state index is 12.5. The lowest BCUT2D eigenvalue weighted by Crippen LogP contribution is -2.36. The van der Waals surface area contributed by atoms with E-state index in [2.05, 4.69) is 32.9 Å². The topological polar surface area (TPSA) is 38.1 Å². The molecule has 0 amide bonds. The van der Waals surface area contributed by atoms with Gasteiger partial charge in [0.1, 0.15) is 0 Å². The van der Waals surface area contributed by atoms with Gasteiger partial charge in [0.15, 0.2) is 0 Å². The average Bonchev–Trinajstić information content (AvgIpc) is 2.43. The molecule has 3 rings (SSSR count). The molecule has 0 saturated carbocycles. The highest BCUT2D eigenvalue weighted by molar-refractivity contribution is 9.10. The molecule has 1 unspecified atom stereocenters. The van der Waals surface area contributed by atoms with E-state index in [0.717, 1.165) is 29.6 Å². The number of fused-ring (bicyclic) bond motifs is 1. The van der Waals surface area contributed by atoms with Crippen LogP contribution in [-0.4, -0.2) is 34.6 Å². The number of nitrogens with zero attached hydrogens (tertiary/aromatic N) is 3. The molecule has 1 aliphatic rings. The first-order valence-electron chi connectivity index (χ1n) is 6.97. The Morgan fingerprint density at radius 1 is 1.45 bits per heavy atom. The molecule has 1 fully saturated rings. The summed E-state index contributed by atoms with van der Waals surface area (Å²) in [5.41, 5.74) is 0.819. The van der Waals surface area contributed by atoms with E-state index in [9.17, 15) is 4.79 Å². The van der Waals surface area contributed by atoms with E-state index in [0.29, 0.717) is 11.3 Å². The summed E-state index contributed by atoms with van der Waals surface area (Å²) in [6.07, 6.45) is 4.09. The third kappa shape index (κ3) is 2.79. The molecule has 4 nitrogen and oxygen atoms in total. The van der Waals surface area contributed by atoms with Crippen molar-refractivity contribution in [3.63, 3.8) is 0 Å². The van der Waals surface area contributed by atoms with Crippen LogP contribution >= 0.6 is 15.9 Å². The lowest BCUT2D eigenvalue weighted by atomic mass is 9.98. The number of rotatable bonds is 2. The molecule has 1 aromatic carbocycles. The minimum absolute atomic E-state index is 0.0597. The van der Waals surface area contributed by atoms with E-state index >= 15 is 0 Å². The molecule has 0 spiro atoms. The third-order valence-electron chi connectivity index (χ3n) is 3.96. The van der Waals surface area contributed by atoms with Crippen molar-refractivity contribution in [3.05, 3.63) is 39.4 Å². The molecule has 5 heteroatoms. The van der Waals surface area contributed by atoms with E-state index in [-0.39, 0.29) is 5.56 Å². The molecule has 20 heavy (non-hydrogen) atoms. The standard InChI is InChI=1S/C15H18BrN3O/c1-18-6-2-3-11(8-18)9-19-10-17-14-5-4-12(16)7-13(14)15(19)20/h4-5,7,10-11H,2-3,6,8-9H2,1H3. The van der Waals surface area contributed by atoms with Crippen molar-refractivity contribution < 1.29 is 0 Å². The molecule has 2 aromatic rings. The van der Waals surface area contributed by atoms with Gasteiger partial charge in [-0.3, -0.25) is 9.36 Å². The summed E-state index contributed by atoms with van der Waals surface area (Å²) in [4.78, 5) is 19.3. The zero-order chi connectivity index (χ0) is 14.1. The first-order valence-corrected chi connectivity index (χ1v) is 7.76. The van der Waals surface area contributed by atoms with Crippen molar-refractivity contribution in [1.82, 2.24) is 14.5 Å². The fourth-order valence-corrected chi connectivity index (χ4v) is 3.32.